The van der Waals surface area contributed by atoms with Crippen LogP contribution in [-0.2, 0) is 6.42 Å². The van der Waals surface area contributed by atoms with Crippen LogP contribution < -0.4 is 5.69 Å². The number of aromatic amines is 2. The Balaban J connectivity index is 2.51. The van der Waals surface area contributed by atoms with Gasteiger partial charge in [-0.05, 0) is 12.8 Å². The Morgan fingerprint density at radius 1 is 1.44 bits per heavy atom. The van der Waals surface area contributed by atoms with E-state index in [0.717, 1.165) is 0 Å². The summed E-state index contributed by atoms with van der Waals surface area (Å²) in [5.41, 5.74) is -1.06. The number of imidazole rings is 1. The minimum Gasteiger partial charge on any atom is -0.493 e. The Morgan fingerprint density at radius 2 is 2.06 bits per heavy atom. The largest absolute Gasteiger partial charge is 0.493 e. The molecule has 90 valence electrons. The maximum Gasteiger partial charge on any atom is 0.325 e. The van der Waals surface area contributed by atoms with E-state index in [0.29, 0.717) is 25.0 Å². The second-order valence-corrected chi connectivity index (χ2v) is 4.33. The highest BCUT2D eigenvalue weighted by Gasteiger charge is 2.29. The number of nitrogens with one attached hydrogen (secondary N) is 2. The highest BCUT2D eigenvalue weighted by atomic mass is 16.6. The zero-order chi connectivity index (χ0) is 12.3. The Kier molecular flexibility index (Phi) is 3.36. The number of H-pyrrole nitrogens is 2. The molecule has 1 heterocycles. The van der Waals surface area contributed by atoms with Crippen molar-refractivity contribution in [3.8, 4) is 5.88 Å². The molecule has 0 aliphatic rings. The first-order chi connectivity index (χ1) is 7.33. The molecule has 0 amide bonds. The van der Waals surface area contributed by atoms with Crippen molar-refractivity contribution in [3.05, 3.63) is 26.3 Å². The van der Waals surface area contributed by atoms with Crippen LogP contribution in [0.5, 0.6) is 5.88 Å². The Labute approximate surface area is 91.7 Å². The fourth-order valence-corrected chi connectivity index (χ4v) is 1.38. The summed E-state index contributed by atoms with van der Waals surface area (Å²) in [6.45, 7) is 3.10. The van der Waals surface area contributed by atoms with E-state index >= 15 is 0 Å². The molecule has 0 aliphatic heterocycles. The summed E-state index contributed by atoms with van der Waals surface area (Å²) in [5.74, 6) is -0.191. The Morgan fingerprint density at radius 3 is 2.50 bits per heavy atom. The highest BCUT2D eigenvalue weighted by Crippen LogP contribution is 2.18. The van der Waals surface area contributed by atoms with Crippen LogP contribution >= 0.6 is 0 Å². The third-order valence-corrected chi connectivity index (χ3v) is 2.49. The first-order valence-corrected chi connectivity index (χ1v) is 4.97. The summed E-state index contributed by atoms with van der Waals surface area (Å²) in [7, 11) is 0. The van der Waals surface area contributed by atoms with Crippen LogP contribution in [0.1, 0.15) is 32.4 Å². The van der Waals surface area contributed by atoms with Crippen LogP contribution in [0.4, 0.5) is 0 Å². The molecule has 1 aromatic rings. The molecule has 0 radical (unpaired) electrons. The van der Waals surface area contributed by atoms with Crippen LogP contribution in [-0.4, -0.2) is 25.5 Å². The lowest BCUT2D eigenvalue weighted by atomic mass is 9.98. The fraction of sp³-hybridized carbons (Fsp3) is 0.667. The number of aromatic nitrogens is 2. The maximum absolute atomic E-state index is 10.8. The second kappa shape index (κ2) is 4.38. The van der Waals surface area contributed by atoms with Crippen LogP contribution in [0.25, 0.3) is 0 Å². The summed E-state index contributed by atoms with van der Waals surface area (Å²) in [6.07, 6.45) is 1.31. The van der Waals surface area contributed by atoms with Crippen LogP contribution in [0.3, 0.4) is 0 Å². The second-order valence-electron chi connectivity index (χ2n) is 4.33. The molecule has 0 aliphatic carbocycles. The van der Waals surface area contributed by atoms with E-state index in [1.54, 1.807) is 13.8 Å². The summed E-state index contributed by atoms with van der Waals surface area (Å²) in [6, 6.07) is 0. The molecule has 16 heavy (non-hydrogen) atoms. The van der Waals surface area contributed by atoms with Gasteiger partial charge in [-0.15, -0.1) is 0 Å². The number of hydrogen-bond donors (Lipinski definition) is 3. The van der Waals surface area contributed by atoms with E-state index in [1.165, 1.54) is 0 Å². The zero-order valence-electron chi connectivity index (χ0n) is 9.24. The molecular formula is C9H15N3O4. The lowest BCUT2D eigenvalue weighted by Crippen LogP contribution is -2.30. The van der Waals surface area contributed by atoms with E-state index < -0.39 is 11.2 Å². The molecule has 7 nitrogen and oxygen atoms in total. The molecule has 0 aromatic carbocycles. The number of aryl methyl sites for hydroxylation is 1. The summed E-state index contributed by atoms with van der Waals surface area (Å²) in [5, 5.41) is 19.9. The number of aromatic hydroxyl groups is 1. The third kappa shape index (κ3) is 2.85. The molecular weight excluding hydrogens is 214 g/mol. The average Bonchev–Trinajstić information content (AvgIpc) is 2.44. The molecule has 0 spiro atoms. The van der Waals surface area contributed by atoms with Crippen LogP contribution in [0.2, 0.25) is 0 Å². The summed E-state index contributed by atoms with van der Waals surface area (Å²) < 4.78 is 0. The van der Waals surface area contributed by atoms with Crippen molar-refractivity contribution in [2.24, 2.45) is 0 Å². The number of rotatable bonds is 5. The average molecular weight is 229 g/mol. The molecule has 0 saturated heterocycles. The van der Waals surface area contributed by atoms with Crippen molar-refractivity contribution < 1.29 is 10.0 Å². The van der Waals surface area contributed by atoms with Gasteiger partial charge in [-0.1, -0.05) is 0 Å². The first kappa shape index (κ1) is 12.3. The topological polar surface area (TPSA) is 112 Å². The van der Waals surface area contributed by atoms with Gasteiger partial charge in [0, 0.05) is 25.2 Å². The maximum atomic E-state index is 10.8. The number of nitro groups is 1. The fourth-order valence-electron chi connectivity index (χ4n) is 1.38. The minimum atomic E-state index is -0.980. The molecule has 1 rings (SSSR count). The van der Waals surface area contributed by atoms with Gasteiger partial charge >= 0.3 is 5.69 Å². The van der Waals surface area contributed by atoms with E-state index in [4.69, 9.17) is 0 Å². The molecule has 1 aromatic heterocycles. The van der Waals surface area contributed by atoms with E-state index in [2.05, 4.69) is 9.97 Å². The first-order valence-electron chi connectivity index (χ1n) is 4.97. The van der Waals surface area contributed by atoms with Crippen LogP contribution in [0.15, 0.2) is 4.79 Å². The lowest BCUT2D eigenvalue weighted by Gasteiger charge is -2.14. The molecule has 7 heteroatoms. The van der Waals surface area contributed by atoms with Gasteiger partial charge < -0.3 is 10.1 Å². The van der Waals surface area contributed by atoms with Crippen molar-refractivity contribution in [2.75, 3.05) is 0 Å². The van der Waals surface area contributed by atoms with Gasteiger partial charge in [-0.25, -0.2) is 4.79 Å². The summed E-state index contributed by atoms with van der Waals surface area (Å²) >= 11 is 0. The predicted octanol–water partition coefficient (Wildman–Crippen LogP) is 0.787. The zero-order valence-corrected chi connectivity index (χ0v) is 9.24. The lowest BCUT2D eigenvalue weighted by molar-refractivity contribution is -0.561. The molecule has 0 unspecified atom stereocenters. The van der Waals surface area contributed by atoms with Crippen LogP contribution in [0, 0.1) is 10.1 Å². The summed E-state index contributed by atoms with van der Waals surface area (Å²) in [4.78, 5) is 25.7. The molecule has 0 bridgehead atoms. The van der Waals surface area contributed by atoms with Gasteiger partial charge in [-0.2, -0.15) is 0 Å². The van der Waals surface area contributed by atoms with Crippen molar-refractivity contribution in [1.29, 1.82) is 0 Å². The van der Waals surface area contributed by atoms with Crippen molar-refractivity contribution in [2.45, 2.75) is 38.6 Å². The van der Waals surface area contributed by atoms with Gasteiger partial charge in [-0.3, -0.25) is 15.1 Å². The van der Waals surface area contributed by atoms with E-state index in [1.807, 2.05) is 0 Å². The Bertz CT molecular complexity index is 432. The van der Waals surface area contributed by atoms with Gasteiger partial charge in [0.05, 0.1) is 5.69 Å². The van der Waals surface area contributed by atoms with Gasteiger partial charge in [0.25, 0.3) is 0 Å². The standard InChI is InChI=1S/C9H15N3O4/c1-9(2,12(15)16)5-3-4-6-7(13)11-8(14)10-6/h13H,3-5H2,1-2H3,(H2,10,11,14). The molecule has 3 N–H and O–H groups in total. The monoisotopic (exact) mass is 229 g/mol. The van der Waals surface area contributed by atoms with Gasteiger partial charge in [0.2, 0.25) is 11.4 Å². The minimum absolute atomic E-state index is 0.191. The molecule has 0 fully saturated rings. The number of hydrogen-bond acceptors (Lipinski definition) is 4. The highest BCUT2D eigenvalue weighted by molar-refractivity contribution is 5.15. The third-order valence-electron chi connectivity index (χ3n) is 2.49. The molecule has 0 atom stereocenters. The smallest absolute Gasteiger partial charge is 0.325 e. The van der Waals surface area contributed by atoms with E-state index in [-0.39, 0.29) is 10.8 Å². The normalized spacial score (nSPS) is 11.6. The predicted molar refractivity (Wildman–Crippen MR) is 57.1 cm³/mol. The van der Waals surface area contributed by atoms with Crippen molar-refractivity contribution in [3.63, 3.8) is 0 Å². The number of nitrogens with zero attached hydrogens (tertiary/aromatic N) is 1. The van der Waals surface area contributed by atoms with Gasteiger partial charge in [0.1, 0.15) is 0 Å². The van der Waals surface area contributed by atoms with Crippen molar-refractivity contribution in [1.82, 2.24) is 9.97 Å². The van der Waals surface area contributed by atoms with Crippen molar-refractivity contribution >= 4 is 0 Å². The SMILES string of the molecule is CC(C)(CCCc1[nH]c(=O)[nH]c1O)[N+](=O)[O-]. The van der Waals surface area contributed by atoms with Gasteiger partial charge in [0.15, 0.2) is 0 Å². The quantitative estimate of drug-likeness (QED) is 0.511. The van der Waals surface area contributed by atoms with E-state index in [9.17, 15) is 20.0 Å². The Hall–Kier alpha value is -1.79. The molecule has 0 saturated carbocycles.